The molecule has 1 aliphatic heterocycles. The van der Waals surface area contributed by atoms with E-state index in [0.717, 1.165) is 10.9 Å². The Bertz CT molecular complexity index is 717. The van der Waals surface area contributed by atoms with Crippen LogP contribution < -0.4 is 10.6 Å². The van der Waals surface area contributed by atoms with Crippen molar-refractivity contribution in [2.75, 3.05) is 11.9 Å². The third kappa shape index (κ3) is 3.79. The fourth-order valence-electron chi connectivity index (χ4n) is 2.52. The Balaban J connectivity index is 0.00000192. The van der Waals surface area contributed by atoms with Crippen LogP contribution in [0.15, 0.2) is 24.4 Å². The Labute approximate surface area is 138 Å². The molecule has 1 fully saturated rings. The summed E-state index contributed by atoms with van der Waals surface area (Å²) in [5.74, 6) is -3.25. The second kappa shape index (κ2) is 6.41. The van der Waals surface area contributed by atoms with Crippen molar-refractivity contribution < 1.29 is 13.6 Å². The van der Waals surface area contributed by atoms with Crippen molar-refractivity contribution in [1.82, 2.24) is 15.1 Å². The van der Waals surface area contributed by atoms with Crippen LogP contribution >= 0.6 is 12.4 Å². The van der Waals surface area contributed by atoms with E-state index in [9.17, 15) is 13.6 Å². The first kappa shape index (κ1) is 17.6. The van der Waals surface area contributed by atoms with Gasteiger partial charge in [0.05, 0.1) is 18.1 Å². The zero-order valence-electron chi connectivity index (χ0n) is 12.8. The molecule has 0 aliphatic carbocycles. The number of alkyl halides is 2. The number of fused-ring (bicyclic) bond motifs is 1. The van der Waals surface area contributed by atoms with Crippen LogP contribution in [0.2, 0.25) is 0 Å². The minimum absolute atomic E-state index is 0. The maximum Gasteiger partial charge on any atom is 0.262 e. The standard InChI is InChI=1S/C15H18F2N4O.ClH/c1-9(2)21-7-10-5-11(3-4-12(10)20-21)19-14(22)13-6-15(16,17)8-18-13;/h3-5,7,9,13,18H,6,8H2,1-2H3,(H,19,22);1H. The molecule has 0 saturated carbocycles. The molecule has 0 radical (unpaired) electrons. The number of nitrogens with zero attached hydrogens (tertiary/aromatic N) is 2. The Morgan fingerprint density at radius 2 is 2.22 bits per heavy atom. The molecule has 5 nitrogen and oxygen atoms in total. The third-order valence-electron chi connectivity index (χ3n) is 3.75. The molecule has 3 rings (SSSR count). The Hall–Kier alpha value is -1.73. The molecule has 2 aromatic rings. The van der Waals surface area contributed by atoms with Crippen molar-refractivity contribution in [3.63, 3.8) is 0 Å². The summed E-state index contributed by atoms with van der Waals surface area (Å²) in [4.78, 5) is 12.0. The van der Waals surface area contributed by atoms with E-state index < -0.39 is 30.8 Å². The van der Waals surface area contributed by atoms with Crippen molar-refractivity contribution in [2.24, 2.45) is 0 Å². The topological polar surface area (TPSA) is 59.0 Å². The number of nitrogens with one attached hydrogen (secondary N) is 2. The average molecular weight is 345 g/mol. The molecule has 1 aromatic carbocycles. The van der Waals surface area contributed by atoms with E-state index in [0.29, 0.717) is 5.69 Å². The molecular weight excluding hydrogens is 326 g/mol. The number of halogens is 3. The maximum atomic E-state index is 13.1. The van der Waals surface area contributed by atoms with Gasteiger partial charge in [-0.3, -0.25) is 14.8 Å². The van der Waals surface area contributed by atoms with Gasteiger partial charge in [0.25, 0.3) is 5.92 Å². The monoisotopic (exact) mass is 344 g/mol. The number of rotatable bonds is 3. The normalized spacial score (nSPS) is 19.8. The van der Waals surface area contributed by atoms with E-state index in [1.54, 1.807) is 18.2 Å². The van der Waals surface area contributed by atoms with Crippen molar-refractivity contribution in [2.45, 2.75) is 38.3 Å². The van der Waals surface area contributed by atoms with E-state index in [4.69, 9.17) is 0 Å². The van der Waals surface area contributed by atoms with E-state index in [2.05, 4.69) is 15.7 Å². The fourth-order valence-corrected chi connectivity index (χ4v) is 2.52. The zero-order valence-corrected chi connectivity index (χ0v) is 13.7. The van der Waals surface area contributed by atoms with Crippen molar-refractivity contribution in [3.05, 3.63) is 24.4 Å². The quantitative estimate of drug-likeness (QED) is 0.900. The molecule has 2 heterocycles. The van der Waals surface area contributed by atoms with Crippen molar-refractivity contribution >= 4 is 34.9 Å². The highest BCUT2D eigenvalue weighted by atomic mass is 35.5. The highest BCUT2D eigenvalue weighted by Crippen LogP contribution is 2.26. The average Bonchev–Trinajstić information content (AvgIpc) is 3.01. The van der Waals surface area contributed by atoms with Crippen molar-refractivity contribution in [3.8, 4) is 0 Å². The minimum Gasteiger partial charge on any atom is -0.325 e. The Kier molecular flexibility index (Phi) is 4.91. The number of aromatic nitrogens is 2. The molecule has 126 valence electrons. The second-order valence-corrected chi connectivity index (χ2v) is 5.96. The molecule has 1 aliphatic rings. The molecule has 2 N–H and O–H groups in total. The Morgan fingerprint density at radius 3 is 2.83 bits per heavy atom. The highest BCUT2D eigenvalue weighted by molar-refractivity contribution is 5.97. The highest BCUT2D eigenvalue weighted by Gasteiger charge is 2.42. The summed E-state index contributed by atoms with van der Waals surface area (Å²) >= 11 is 0. The largest absolute Gasteiger partial charge is 0.325 e. The Morgan fingerprint density at radius 1 is 1.48 bits per heavy atom. The summed E-state index contributed by atoms with van der Waals surface area (Å²) < 4.78 is 28.1. The number of hydrogen-bond donors (Lipinski definition) is 2. The van der Waals surface area contributed by atoms with Gasteiger partial charge in [-0.05, 0) is 32.0 Å². The van der Waals surface area contributed by atoms with Crippen LogP contribution in [0.5, 0.6) is 0 Å². The number of carbonyl (C=O) groups is 1. The lowest BCUT2D eigenvalue weighted by Gasteiger charge is -2.11. The number of benzene rings is 1. The zero-order chi connectivity index (χ0) is 15.9. The first-order valence-corrected chi connectivity index (χ1v) is 7.25. The second-order valence-electron chi connectivity index (χ2n) is 5.96. The van der Waals surface area contributed by atoms with Gasteiger partial charge in [-0.1, -0.05) is 0 Å². The minimum atomic E-state index is -2.82. The molecule has 1 saturated heterocycles. The maximum absolute atomic E-state index is 13.1. The lowest BCUT2D eigenvalue weighted by atomic mass is 10.1. The van der Waals surface area contributed by atoms with E-state index in [-0.39, 0.29) is 18.4 Å². The van der Waals surface area contributed by atoms with Gasteiger partial charge >= 0.3 is 0 Å². The molecule has 1 atom stereocenters. The summed E-state index contributed by atoms with van der Waals surface area (Å²) in [6.07, 6.45) is 1.43. The van der Waals surface area contributed by atoms with Crippen LogP contribution in [-0.2, 0) is 4.79 Å². The fraction of sp³-hybridized carbons (Fsp3) is 0.467. The summed E-state index contributed by atoms with van der Waals surface area (Å²) in [5.41, 5.74) is 1.41. The van der Waals surface area contributed by atoms with Crippen LogP contribution in [0.25, 0.3) is 10.9 Å². The predicted octanol–water partition coefficient (Wildman–Crippen LogP) is 2.97. The molecule has 1 amide bonds. The first-order valence-electron chi connectivity index (χ1n) is 7.25. The number of amides is 1. The summed E-state index contributed by atoms with van der Waals surface area (Å²) in [7, 11) is 0. The SMILES string of the molecule is CC(C)n1cc2cc(NC(=O)C3CC(F)(F)CN3)ccc2n1.Cl. The van der Waals surface area contributed by atoms with Gasteiger partial charge in [0.2, 0.25) is 5.91 Å². The van der Waals surface area contributed by atoms with Crippen LogP contribution in [0.1, 0.15) is 26.3 Å². The number of hydrogen-bond acceptors (Lipinski definition) is 3. The first-order chi connectivity index (χ1) is 10.3. The number of carbonyl (C=O) groups excluding carboxylic acids is 1. The van der Waals surface area contributed by atoms with Gasteiger partial charge in [0, 0.05) is 29.7 Å². The van der Waals surface area contributed by atoms with Gasteiger partial charge in [-0.25, -0.2) is 8.78 Å². The summed E-state index contributed by atoms with van der Waals surface area (Å²) in [6.45, 7) is 3.60. The van der Waals surface area contributed by atoms with Crippen LogP contribution in [0.4, 0.5) is 14.5 Å². The van der Waals surface area contributed by atoms with Gasteiger partial charge in [0.15, 0.2) is 0 Å². The lowest BCUT2D eigenvalue weighted by molar-refractivity contribution is -0.118. The molecule has 23 heavy (non-hydrogen) atoms. The third-order valence-corrected chi connectivity index (χ3v) is 3.75. The van der Waals surface area contributed by atoms with Gasteiger partial charge in [-0.2, -0.15) is 5.10 Å². The molecule has 1 unspecified atom stereocenters. The van der Waals surface area contributed by atoms with Crippen LogP contribution in [0, 0.1) is 0 Å². The van der Waals surface area contributed by atoms with E-state index >= 15 is 0 Å². The van der Waals surface area contributed by atoms with Crippen molar-refractivity contribution in [1.29, 1.82) is 0 Å². The van der Waals surface area contributed by atoms with Crippen LogP contribution in [0.3, 0.4) is 0 Å². The summed E-state index contributed by atoms with van der Waals surface area (Å²) in [6, 6.07) is 4.72. The molecule has 1 aromatic heterocycles. The van der Waals surface area contributed by atoms with Gasteiger partial charge in [0.1, 0.15) is 0 Å². The van der Waals surface area contributed by atoms with Crippen LogP contribution in [-0.4, -0.2) is 34.2 Å². The molecule has 0 spiro atoms. The van der Waals surface area contributed by atoms with E-state index in [1.165, 1.54) is 0 Å². The number of anilines is 1. The van der Waals surface area contributed by atoms with Gasteiger partial charge < -0.3 is 5.32 Å². The summed E-state index contributed by atoms with van der Waals surface area (Å²) in [5, 5.41) is 10.5. The van der Waals surface area contributed by atoms with E-state index in [1.807, 2.05) is 24.7 Å². The van der Waals surface area contributed by atoms with Gasteiger partial charge in [-0.15, -0.1) is 12.4 Å². The molecule has 0 bridgehead atoms. The molecule has 8 heteroatoms. The molecular formula is C15H19ClF2N4O. The lowest BCUT2D eigenvalue weighted by Crippen LogP contribution is -2.35. The smallest absolute Gasteiger partial charge is 0.262 e. The predicted molar refractivity (Wildman–Crippen MR) is 87.4 cm³/mol.